The fraction of sp³-hybridized carbons (Fsp3) is 0.565. The van der Waals surface area contributed by atoms with Crippen molar-refractivity contribution in [3.63, 3.8) is 0 Å². The molecule has 0 aromatic heterocycles. The van der Waals surface area contributed by atoms with E-state index in [4.69, 9.17) is 0 Å². The molecule has 8 heteroatoms. The number of carbonyl (C=O) groups excluding carboxylic acids is 3. The number of para-hydroxylation sites is 1. The van der Waals surface area contributed by atoms with Gasteiger partial charge in [0.05, 0.1) is 6.07 Å². The zero-order chi connectivity index (χ0) is 22.4. The Labute approximate surface area is 183 Å². The molecule has 166 valence electrons. The van der Waals surface area contributed by atoms with Gasteiger partial charge in [0.25, 0.3) is 0 Å². The van der Waals surface area contributed by atoms with Crippen LogP contribution in [0.25, 0.3) is 0 Å². The molecule has 2 fully saturated rings. The van der Waals surface area contributed by atoms with Gasteiger partial charge in [0, 0.05) is 24.7 Å². The lowest BCUT2D eigenvalue weighted by Gasteiger charge is -2.33. The van der Waals surface area contributed by atoms with Crippen LogP contribution in [-0.2, 0) is 9.59 Å². The quantitative estimate of drug-likeness (QED) is 0.623. The maximum Gasteiger partial charge on any atom is 0.318 e. The highest BCUT2D eigenvalue weighted by Gasteiger charge is 2.45. The van der Waals surface area contributed by atoms with Crippen LogP contribution in [-0.4, -0.2) is 47.4 Å². The topological polar surface area (TPSA) is 114 Å². The average molecular weight is 426 g/mol. The lowest BCUT2D eigenvalue weighted by Crippen LogP contribution is -2.55. The summed E-state index contributed by atoms with van der Waals surface area (Å²) in [5.74, 6) is -0.280. The molecule has 8 nitrogen and oxygen atoms in total. The number of piperidine rings is 1. The summed E-state index contributed by atoms with van der Waals surface area (Å²) in [5.41, 5.74) is 0.00243. The first-order valence-corrected chi connectivity index (χ1v) is 11.0. The number of hydrogen-bond acceptors (Lipinski definition) is 4. The van der Waals surface area contributed by atoms with Crippen molar-refractivity contribution in [3.05, 3.63) is 30.3 Å². The molecule has 3 N–H and O–H groups in total. The minimum absolute atomic E-state index is 0.0328. The Morgan fingerprint density at radius 1 is 1.16 bits per heavy atom. The van der Waals surface area contributed by atoms with Crippen LogP contribution < -0.4 is 16.0 Å². The fourth-order valence-electron chi connectivity index (χ4n) is 3.77. The molecule has 1 aromatic rings. The summed E-state index contributed by atoms with van der Waals surface area (Å²) >= 11 is 0. The summed E-state index contributed by atoms with van der Waals surface area (Å²) in [5, 5.41) is 17.8. The Hall–Kier alpha value is -3.08. The fourth-order valence-corrected chi connectivity index (χ4v) is 3.77. The van der Waals surface area contributed by atoms with Gasteiger partial charge in [-0.05, 0) is 50.2 Å². The lowest BCUT2D eigenvalue weighted by molar-refractivity contribution is -0.124. The number of benzene rings is 1. The molecular formula is C23H31N5O3. The van der Waals surface area contributed by atoms with Crippen LogP contribution in [0.4, 0.5) is 10.5 Å². The highest BCUT2D eigenvalue weighted by molar-refractivity contribution is 5.93. The number of hydrogen-bond donors (Lipinski definition) is 3. The van der Waals surface area contributed by atoms with Gasteiger partial charge < -0.3 is 20.9 Å². The van der Waals surface area contributed by atoms with Crippen LogP contribution in [0.5, 0.6) is 0 Å². The number of urea groups is 1. The van der Waals surface area contributed by atoms with E-state index in [1.807, 2.05) is 44.2 Å². The Kier molecular flexibility index (Phi) is 7.16. The van der Waals surface area contributed by atoms with Gasteiger partial charge in [-0.1, -0.05) is 32.0 Å². The summed E-state index contributed by atoms with van der Waals surface area (Å²) < 4.78 is 0. The molecule has 1 aliphatic heterocycles. The predicted octanol–water partition coefficient (Wildman–Crippen LogP) is 2.63. The van der Waals surface area contributed by atoms with Crippen molar-refractivity contribution in [2.24, 2.45) is 11.8 Å². The lowest BCUT2D eigenvalue weighted by atomic mass is 9.96. The van der Waals surface area contributed by atoms with E-state index in [1.165, 1.54) is 0 Å². The van der Waals surface area contributed by atoms with E-state index in [-0.39, 0.29) is 29.7 Å². The molecule has 1 atom stereocenters. The summed E-state index contributed by atoms with van der Waals surface area (Å²) in [6.07, 6.45) is 2.94. The van der Waals surface area contributed by atoms with Gasteiger partial charge in [-0.3, -0.25) is 9.59 Å². The predicted molar refractivity (Wildman–Crippen MR) is 117 cm³/mol. The first-order chi connectivity index (χ1) is 14.8. The van der Waals surface area contributed by atoms with E-state index in [2.05, 4.69) is 22.0 Å². The maximum absolute atomic E-state index is 12.8. The van der Waals surface area contributed by atoms with Crippen molar-refractivity contribution in [2.75, 3.05) is 18.4 Å². The molecule has 1 heterocycles. The third-order valence-electron chi connectivity index (χ3n) is 5.84. The number of nitrogens with zero attached hydrogens (tertiary/aromatic N) is 2. The molecule has 2 aliphatic rings. The van der Waals surface area contributed by atoms with Crippen LogP contribution in [0.1, 0.15) is 46.0 Å². The second-order valence-electron chi connectivity index (χ2n) is 8.93. The Balaban J connectivity index is 1.50. The van der Waals surface area contributed by atoms with Gasteiger partial charge >= 0.3 is 6.03 Å². The molecular weight excluding hydrogens is 394 g/mol. The largest absolute Gasteiger partial charge is 0.336 e. The standard InChI is InChI=1S/C23H31N5O3/c1-16(2)14-19(21(30)27-23(15-24)10-11-23)26-22(31)28-12-8-17(9-13-28)20(29)25-18-6-4-3-5-7-18/h3-7,16-17,19H,8-14H2,1-2H3,(H,25,29)(H,26,31)(H,27,30). The van der Waals surface area contributed by atoms with E-state index < -0.39 is 11.6 Å². The SMILES string of the molecule is CC(C)CC(NC(=O)N1CCC(C(=O)Nc2ccccc2)CC1)C(=O)NC1(C#N)CC1. The molecule has 0 spiro atoms. The Morgan fingerprint density at radius 3 is 2.35 bits per heavy atom. The second-order valence-corrected chi connectivity index (χ2v) is 8.93. The smallest absolute Gasteiger partial charge is 0.318 e. The molecule has 1 aromatic carbocycles. The third-order valence-corrected chi connectivity index (χ3v) is 5.84. The van der Waals surface area contributed by atoms with Crippen molar-refractivity contribution in [1.29, 1.82) is 5.26 Å². The Morgan fingerprint density at radius 2 is 1.81 bits per heavy atom. The van der Waals surface area contributed by atoms with Gasteiger partial charge in [-0.2, -0.15) is 5.26 Å². The van der Waals surface area contributed by atoms with Crippen LogP contribution in [0.2, 0.25) is 0 Å². The van der Waals surface area contributed by atoms with Crippen LogP contribution in [0.15, 0.2) is 30.3 Å². The van der Waals surface area contributed by atoms with E-state index in [0.29, 0.717) is 45.2 Å². The van der Waals surface area contributed by atoms with Gasteiger partial charge in [-0.25, -0.2) is 4.79 Å². The molecule has 1 saturated heterocycles. The van der Waals surface area contributed by atoms with Crippen LogP contribution in [0, 0.1) is 23.2 Å². The normalized spacial score (nSPS) is 18.6. The molecule has 1 saturated carbocycles. The van der Waals surface area contributed by atoms with Crippen molar-refractivity contribution in [1.82, 2.24) is 15.5 Å². The first kappa shape index (κ1) is 22.6. The molecule has 1 unspecified atom stereocenters. The summed E-state index contributed by atoms with van der Waals surface area (Å²) in [6, 6.07) is 10.5. The second kappa shape index (κ2) is 9.82. The molecule has 0 radical (unpaired) electrons. The van der Waals surface area contributed by atoms with Gasteiger partial charge in [-0.15, -0.1) is 0 Å². The zero-order valence-corrected chi connectivity index (χ0v) is 18.2. The number of carbonyl (C=O) groups is 3. The minimum Gasteiger partial charge on any atom is -0.336 e. The van der Waals surface area contributed by atoms with Crippen molar-refractivity contribution >= 4 is 23.5 Å². The minimum atomic E-state index is -0.762. The van der Waals surface area contributed by atoms with Gasteiger partial charge in [0.1, 0.15) is 11.6 Å². The van der Waals surface area contributed by atoms with Crippen molar-refractivity contribution in [2.45, 2.75) is 57.5 Å². The molecule has 0 bridgehead atoms. The van der Waals surface area contributed by atoms with Crippen molar-refractivity contribution in [3.8, 4) is 6.07 Å². The Bertz CT molecular complexity index is 837. The highest BCUT2D eigenvalue weighted by Crippen LogP contribution is 2.34. The number of nitriles is 1. The number of anilines is 1. The van der Waals surface area contributed by atoms with E-state index in [1.54, 1.807) is 4.90 Å². The zero-order valence-electron chi connectivity index (χ0n) is 18.2. The number of likely N-dealkylation sites (tertiary alicyclic amines) is 1. The number of nitrogens with one attached hydrogen (secondary N) is 3. The van der Waals surface area contributed by atoms with E-state index in [9.17, 15) is 19.6 Å². The number of amides is 4. The number of rotatable bonds is 7. The summed E-state index contributed by atoms with van der Waals surface area (Å²) in [4.78, 5) is 39.6. The van der Waals surface area contributed by atoms with Gasteiger partial charge in [0.15, 0.2) is 0 Å². The highest BCUT2D eigenvalue weighted by atomic mass is 16.2. The molecule has 31 heavy (non-hydrogen) atoms. The monoisotopic (exact) mass is 425 g/mol. The molecule has 1 aliphatic carbocycles. The average Bonchev–Trinajstić information content (AvgIpc) is 3.53. The van der Waals surface area contributed by atoms with E-state index >= 15 is 0 Å². The molecule has 3 rings (SSSR count). The maximum atomic E-state index is 12.8. The van der Waals surface area contributed by atoms with Crippen LogP contribution >= 0.6 is 0 Å². The van der Waals surface area contributed by atoms with E-state index in [0.717, 1.165) is 5.69 Å². The van der Waals surface area contributed by atoms with Crippen LogP contribution in [0.3, 0.4) is 0 Å². The summed E-state index contributed by atoms with van der Waals surface area (Å²) in [6.45, 7) is 4.88. The van der Waals surface area contributed by atoms with Gasteiger partial charge in [0.2, 0.25) is 11.8 Å². The third kappa shape index (κ3) is 6.20. The van der Waals surface area contributed by atoms with Crippen molar-refractivity contribution < 1.29 is 14.4 Å². The summed E-state index contributed by atoms with van der Waals surface area (Å²) in [7, 11) is 0. The molecule has 4 amide bonds. The first-order valence-electron chi connectivity index (χ1n) is 11.0.